The van der Waals surface area contributed by atoms with Crippen LogP contribution in [-0.2, 0) is 0 Å². The highest BCUT2D eigenvalue weighted by Crippen LogP contribution is 2.51. The van der Waals surface area contributed by atoms with Crippen molar-refractivity contribution in [2.45, 2.75) is 18.4 Å². The predicted molar refractivity (Wildman–Crippen MR) is 94.3 cm³/mol. The molecule has 0 aromatic heterocycles. The van der Waals surface area contributed by atoms with Crippen LogP contribution < -0.4 is 5.32 Å². The Labute approximate surface area is 144 Å². The van der Waals surface area contributed by atoms with Crippen molar-refractivity contribution in [2.75, 3.05) is 5.32 Å². The van der Waals surface area contributed by atoms with Gasteiger partial charge < -0.3 is 5.32 Å². The third-order valence-corrected chi connectivity index (χ3v) is 5.42. The van der Waals surface area contributed by atoms with Crippen molar-refractivity contribution in [3.8, 4) is 0 Å². The molecule has 22 heavy (non-hydrogen) atoms. The number of benzene rings is 2. The molecule has 1 N–H and O–H groups in total. The highest BCUT2D eigenvalue weighted by molar-refractivity contribution is 6.35. The van der Waals surface area contributed by atoms with Crippen molar-refractivity contribution >= 4 is 40.5 Å². The Morgan fingerprint density at radius 2 is 1.68 bits per heavy atom. The van der Waals surface area contributed by atoms with E-state index in [1.54, 1.807) is 0 Å². The Hall–Kier alpha value is -1.15. The molecular weight excluding hydrogens is 337 g/mol. The maximum atomic E-state index is 6.44. The summed E-state index contributed by atoms with van der Waals surface area (Å²) >= 11 is 18.6. The van der Waals surface area contributed by atoms with Crippen LogP contribution in [0.4, 0.5) is 5.69 Å². The summed E-state index contributed by atoms with van der Waals surface area (Å²) in [4.78, 5) is 0. The minimum Gasteiger partial charge on any atom is -0.378 e. The molecule has 2 aliphatic rings. The van der Waals surface area contributed by atoms with Crippen molar-refractivity contribution in [3.05, 3.63) is 74.7 Å². The van der Waals surface area contributed by atoms with Gasteiger partial charge in [-0.25, -0.2) is 0 Å². The van der Waals surface area contributed by atoms with Crippen LogP contribution in [0.2, 0.25) is 15.1 Å². The lowest BCUT2D eigenvalue weighted by molar-refractivity contribution is 0.426. The molecule has 0 unspecified atom stereocenters. The molecule has 4 heteroatoms. The van der Waals surface area contributed by atoms with Gasteiger partial charge in [-0.05, 0) is 53.8 Å². The van der Waals surface area contributed by atoms with Gasteiger partial charge in [0, 0.05) is 26.7 Å². The van der Waals surface area contributed by atoms with Gasteiger partial charge in [0.05, 0.1) is 6.04 Å². The van der Waals surface area contributed by atoms with E-state index in [0.717, 1.165) is 22.7 Å². The smallest absolute Gasteiger partial charge is 0.0568 e. The Kier molecular flexibility index (Phi) is 3.60. The molecule has 2 aromatic rings. The van der Waals surface area contributed by atoms with Gasteiger partial charge in [0.2, 0.25) is 0 Å². The Morgan fingerprint density at radius 1 is 0.909 bits per heavy atom. The van der Waals surface area contributed by atoms with Gasteiger partial charge >= 0.3 is 0 Å². The molecule has 0 fully saturated rings. The quantitative estimate of drug-likeness (QED) is 0.581. The normalized spacial score (nSPS) is 25.5. The first kappa shape index (κ1) is 14.4. The van der Waals surface area contributed by atoms with Gasteiger partial charge in [0.1, 0.15) is 0 Å². The maximum Gasteiger partial charge on any atom is 0.0568 e. The van der Waals surface area contributed by atoms with Gasteiger partial charge in [-0.1, -0.05) is 53.0 Å². The van der Waals surface area contributed by atoms with Crippen molar-refractivity contribution in [1.29, 1.82) is 0 Å². The van der Waals surface area contributed by atoms with Crippen LogP contribution in [0.25, 0.3) is 0 Å². The van der Waals surface area contributed by atoms with Gasteiger partial charge in [-0.3, -0.25) is 0 Å². The molecule has 4 rings (SSSR count). The largest absolute Gasteiger partial charge is 0.378 e. The van der Waals surface area contributed by atoms with E-state index in [4.69, 9.17) is 34.8 Å². The predicted octanol–water partition coefficient (Wildman–Crippen LogP) is 6.47. The average Bonchev–Trinajstić information content (AvgIpc) is 2.97. The summed E-state index contributed by atoms with van der Waals surface area (Å²) in [5.74, 6) is 0.830. The number of nitrogens with one attached hydrogen (secondary N) is 1. The van der Waals surface area contributed by atoms with Gasteiger partial charge in [0.25, 0.3) is 0 Å². The Balaban J connectivity index is 1.81. The van der Waals surface area contributed by atoms with Crippen LogP contribution in [0.3, 0.4) is 0 Å². The van der Waals surface area contributed by atoms with Crippen LogP contribution in [0.15, 0.2) is 48.6 Å². The van der Waals surface area contributed by atoms with Crippen molar-refractivity contribution in [3.63, 3.8) is 0 Å². The zero-order valence-electron chi connectivity index (χ0n) is 11.7. The second kappa shape index (κ2) is 5.49. The number of rotatable bonds is 1. The average molecular weight is 351 g/mol. The van der Waals surface area contributed by atoms with Crippen LogP contribution in [0.1, 0.15) is 29.5 Å². The van der Waals surface area contributed by atoms with Crippen LogP contribution in [-0.4, -0.2) is 0 Å². The second-order valence-corrected chi connectivity index (χ2v) is 7.15. The maximum absolute atomic E-state index is 6.44. The molecule has 0 radical (unpaired) electrons. The standard InChI is InChI=1S/C18H14Cl3N/c19-10-5-7-17-15(8-10)12-2-1-3-13(12)18(22-17)14-6-4-11(20)9-16(14)21/h1-2,4-9,12-13,18,22H,3H2/t12-,13-,18+/m0/s1. The van der Waals surface area contributed by atoms with Crippen molar-refractivity contribution in [2.24, 2.45) is 5.92 Å². The minimum absolute atomic E-state index is 0.179. The fraction of sp³-hybridized carbons (Fsp3) is 0.222. The molecule has 1 aliphatic carbocycles. The third kappa shape index (κ3) is 2.32. The third-order valence-electron chi connectivity index (χ3n) is 4.62. The second-order valence-electron chi connectivity index (χ2n) is 5.87. The summed E-state index contributed by atoms with van der Waals surface area (Å²) in [6.45, 7) is 0. The molecule has 0 amide bonds. The molecule has 112 valence electrons. The monoisotopic (exact) mass is 349 g/mol. The Morgan fingerprint density at radius 3 is 2.50 bits per heavy atom. The van der Waals surface area contributed by atoms with Gasteiger partial charge in [0.15, 0.2) is 0 Å². The zero-order chi connectivity index (χ0) is 15.3. The lowest BCUT2D eigenvalue weighted by Gasteiger charge is -2.38. The Bertz CT molecular complexity index is 769. The topological polar surface area (TPSA) is 12.0 Å². The van der Waals surface area contributed by atoms with Crippen LogP contribution in [0, 0.1) is 5.92 Å². The first-order valence-electron chi connectivity index (χ1n) is 7.31. The van der Waals surface area contributed by atoms with Gasteiger partial charge in [-0.2, -0.15) is 0 Å². The van der Waals surface area contributed by atoms with Crippen molar-refractivity contribution in [1.82, 2.24) is 0 Å². The molecule has 1 aliphatic heterocycles. The molecular formula is C18H14Cl3N. The number of fused-ring (bicyclic) bond motifs is 3. The molecule has 2 aromatic carbocycles. The van der Waals surface area contributed by atoms with E-state index in [1.807, 2.05) is 24.3 Å². The summed E-state index contributed by atoms with van der Waals surface area (Å²) in [6, 6.07) is 12.0. The first-order chi connectivity index (χ1) is 10.6. The van der Waals surface area contributed by atoms with E-state index in [1.165, 1.54) is 5.56 Å². The summed E-state index contributed by atoms with van der Waals surface area (Å²) in [5, 5.41) is 5.81. The summed E-state index contributed by atoms with van der Waals surface area (Å²) in [6.07, 6.45) is 5.58. The molecule has 0 saturated heterocycles. The number of hydrogen-bond donors (Lipinski definition) is 1. The SMILES string of the molecule is Clc1ccc([C@@H]2Nc3ccc(Cl)cc3[C@H]3C=CC[C@@H]32)c(Cl)c1. The number of allylic oxidation sites excluding steroid dienone is 2. The summed E-state index contributed by atoms with van der Waals surface area (Å²) in [5.41, 5.74) is 3.51. The van der Waals surface area contributed by atoms with Crippen molar-refractivity contribution < 1.29 is 0 Å². The highest BCUT2D eigenvalue weighted by Gasteiger charge is 2.38. The molecule has 0 saturated carbocycles. The van der Waals surface area contributed by atoms with E-state index < -0.39 is 0 Å². The molecule has 1 nitrogen and oxygen atoms in total. The lowest BCUT2D eigenvalue weighted by atomic mass is 9.77. The van der Waals surface area contributed by atoms with Gasteiger partial charge in [-0.15, -0.1) is 0 Å². The molecule has 0 spiro atoms. The van der Waals surface area contributed by atoms with E-state index in [2.05, 4.69) is 29.6 Å². The first-order valence-corrected chi connectivity index (χ1v) is 8.44. The highest BCUT2D eigenvalue weighted by atomic mass is 35.5. The van der Waals surface area contributed by atoms with Crippen LogP contribution in [0.5, 0.6) is 0 Å². The molecule has 3 atom stereocenters. The summed E-state index contributed by atoms with van der Waals surface area (Å²) < 4.78 is 0. The zero-order valence-corrected chi connectivity index (χ0v) is 14.0. The van der Waals surface area contributed by atoms with Crippen LogP contribution >= 0.6 is 34.8 Å². The lowest BCUT2D eigenvalue weighted by Crippen LogP contribution is -2.29. The number of halogens is 3. The number of hydrogen-bond acceptors (Lipinski definition) is 1. The number of anilines is 1. The minimum atomic E-state index is 0.179. The molecule has 0 bridgehead atoms. The van der Waals surface area contributed by atoms with E-state index in [-0.39, 0.29) is 6.04 Å². The van der Waals surface area contributed by atoms with E-state index in [0.29, 0.717) is 21.9 Å². The van der Waals surface area contributed by atoms with E-state index in [9.17, 15) is 0 Å². The summed E-state index contributed by atoms with van der Waals surface area (Å²) in [7, 11) is 0. The fourth-order valence-electron chi connectivity index (χ4n) is 3.63. The van der Waals surface area contributed by atoms with E-state index >= 15 is 0 Å². The fourth-order valence-corrected chi connectivity index (χ4v) is 4.33. The molecule has 1 heterocycles.